The summed E-state index contributed by atoms with van der Waals surface area (Å²) in [6, 6.07) is 7.93. The highest BCUT2D eigenvalue weighted by molar-refractivity contribution is 7.46. The van der Waals surface area contributed by atoms with Gasteiger partial charge in [-0.1, -0.05) is 18.2 Å². The Morgan fingerprint density at radius 2 is 1.41 bits per heavy atom. The monoisotopic (exact) mass is 264 g/mol. The van der Waals surface area contributed by atoms with Gasteiger partial charge in [0, 0.05) is 0 Å². The van der Waals surface area contributed by atoms with Crippen LogP contribution < -0.4 is 4.52 Å². The highest BCUT2D eigenvalue weighted by Crippen LogP contribution is 2.36. The van der Waals surface area contributed by atoms with E-state index >= 15 is 0 Å². The predicted octanol–water partition coefficient (Wildman–Crippen LogP) is 0.314. The van der Waals surface area contributed by atoms with E-state index in [0.29, 0.717) is 0 Å². The molecule has 0 radical (unpaired) electrons. The van der Waals surface area contributed by atoms with Crippen LogP contribution in [0.25, 0.3) is 0 Å². The third-order valence-corrected chi connectivity index (χ3v) is 1.60. The molecule has 0 aliphatic rings. The number of rotatable bonds is 2. The fourth-order valence-corrected chi connectivity index (χ4v) is 1.02. The van der Waals surface area contributed by atoms with Gasteiger partial charge >= 0.3 is 19.8 Å². The van der Waals surface area contributed by atoms with Crippen LogP contribution in [0.2, 0.25) is 0 Å². The van der Waals surface area contributed by atoms with Crippen LogP contribution in [0.4, 0.5) is 0 Å². The van der Waals surface area contributed by atoms with Gasteiger partial charge in [0.05, 0.1) is 0 Å². The summed E-state index contributed by atoms with van der Waals surface area (Å²) in [5, 5.41) is 14.8. The lowest BCUT2D eigenvalue weighted by atomic mass is 10.3. The molecule has 1 aromatic rings. The topological polar surface area (TPSA) is 141 Å². The number of hydrogen-bond donors (Lipinski definition) is 4. The second kappa shape index (κ2) is 6.64. The van der Waals surface area contributed by atoms with Crippen LogP contribution in [0.5, 0.6) is 5.75 Å². The molecule has 0 amide bonds. The van der Waals surface area contributed by atoms with E-state index < -0.39 is 19.8 Å². The minimum atomic E-state index is -4.39. The number of hydrogen-bond acceptors (Lipinski definition) is 4. The molecule has 0 aliphatic carbocycles. The van der Waals surface area contributed by atoms with E-state index in [0.717, 1.165) is 0 Å². The van der Waals surface area contributed by atoms with Crippen molar-refractivity contribution in [2.24, 2.45) is 0 Å². The fourth-order valence-electron chi connectivity index (χ4n) is 0.619. The molecule has 17 heavy (non-hydrogen) atoms. The van der Waals surface area contributed by atoms with Gasteiger partial charge in [0.15, 0.2) is 0 Å². The van der Waals surface area contributed by atoms with Crippen LogP contribution in [-0.2, 0) is 14.2 Å². The van der Waals surface area contributed by atoms with Gasteiger partial charge < -0.3 is 14.7 Å². The summed E-state index contributed by atoms with van der Waals surface area (Å²) < 4.78 is 14.5. The Labute approximate surface area is 95.3 Å². The number of carboxylic acids is 2. The fraction of sp³-hybridized carbons (Fsp3) is 0. The van der Waals surface area contributed by atoms with Gasteiger partial charge in [-0.3, -0.25) is 9.79 Å². The lowest BCUT2D eigenvalue weighted by Gasteiger charge is -2.04. The van der Waals surface area contributed by atoms with E-state index in [9.17, 15) is 4.57 Å². The maximum Gasteiger partial charge on any atom is 0.524 e. The summed E-state index contributed by atoms with van der Waals surface area (Å²) in [7, 11) is -4.39. The van der Waals surface area contributed by atoms with Crippen molar-refractivity contribution in [2.45, 2.75) is 0 Å². The number of carboxylic acid groups (broad SMARTS) is 2. The number of phosphoric acid groups is 1. The molecule has 0 aliphatic heterocycles. The van der Waals surface area contributed by atoms with E-state index in [1.54, 1.807) is 18.2 Å². The second-order valence-electron chi connectivity index (χ2n) is 2.51. The van der Waals surface area contributed by atoms with E-state index in [4.69, 9.17) is 29.6 Å². The van der Waals surface area contributed by atoms with Crippen LogP contribution in [-0.4, -0.2) is 31.9 Å². The van der Waals surface area contributed by atoms with Crippen molar-refractivity contribution in [1.29, 1.82) is 0 Å². The Morgan fingerprint density at radius 1 is 1.00 bits per heavy atom. The minimum Gasteiger partial charge on any atom is -0.473 e. The average molecular weight is 264 g/mol. The molecule has 0 aromatic heterocycles. The Kier molecular flexibility index (Phi) is 5.90. The maximum absolute atomic E-state index is 10.3. The van der Waals surface area contributed by atoms with Crippen molar-refractivity contribution < 1.29 is 38.7 Å². The molecule has 0 spiro atoms. The summed E-state index contributed by atoms with van der Waals surface area (Å²) in [6.45, 7) is 0. The zero-order valence-electron chi connectivity index (χ0n) is 8.26. The van der Waals surface area contributed by atoms with Crippen LogP contribution in [0, 0.1) is 0 Å². The van der Waals surface area contributed by atoms with Gasteiger partial charge in [-0.05, 0) is 12.1 Å². The second-order valence-corrected chi connectivity index (χ2v) is 3.67. The van der Waals surface area contributed by atoms with E-state index in [1.165, 1.54) is 12.1 Å². The highest BCUT2D eigenvalue weighted by atomic mass is 31.2. The Hall–Kier alpha value is -1.89. The third kappa shape index (κ3) is 9.06. The molecule has 0 heterocycles. The normalized spacial score (nSPS) is 9.76. The van der Waals surface area contributed by atoms with Gasteiger partial charge in [-0.2, -0.15) is 0 Å². The summed E-state index contributed by atoms with van der Waals surface area (Å²) >= 11 is 0. The minimum absolute atomic E-state index is 0.167. The van der Waals surface area contributed by atoms with Crippen LogP contribution in [0.15, 0.2) is 30.3 Å². The van der Waals surface area contributed by atoms with Gasteiger partial charge in [0.25, 0.3) is 0 Å². The summed E-state index contributed by atoms with van der Waals surface area (Å²) in [6.07, 6.45) is 0. The zero-order valence-corrected chi connectivity index (χ0v) is 9.15. The van der Waals surface area contributed by atoms with E-state index in [2.05, 4.69) is 4.52 Å². The van der Waals surface area contributed by atoms with Crippen molar-refractivity contribution in [3.05, 3.63) is 30.3 Å². The van der Waals surface area contributed by atoms with Crippen molar-refractivity contribution in [3.63, 3.8) is 0 Å². The first-order valence-corrected chi connectivity index (χ1v) is 5.52. The Balaban J connectivity index is 0.000000366. The van der Waals surface area contributed by atoms with Gasteiger partial charge in [-0.15, -0.1) is 0 Å². The molecule has 0 atom stereocenters. The van der Waals surface area contributed by atoms with Crippen molar-refractivity contribution in [2.75, 3.05) is 0 Å². The van der Waals surface area contributed by atoms with Crippen molar-refractivity contribution in [1.82, 2.24) is 0 Å². The molecule has 0 saturated carbocycles. The number of phosphoric ester groups is 1. The van der Waals surface area contributed by atoms with E-state index in [-0.39, 0.29) is 5.75 Å². The van der Waals surface area contributed by atoms with E-state index in [1.807, 2.05) is 0 Å². The first kappa shape index (κ1) is 15.1. The standard InChI is InChI=1S/C6H7O4P.C2H2O4/c7-11(8,9)10-6-4-2-1-3-5-6;3-1(4)2(5)6/h1-5H,(H2,7,8,9);(H,3,4)(H,5,6). The molecule has 8 nitrogen and oxygen atoms in total. The van der Waals surface area contributed by atoms with Crippen LogP contribution >= 0.6 is 7.82 Å². The molecule has 9 heteroatoms. The lowest BCUT2D eigenvalue weighted by molar-refractivity contribution is -0.159. The molecule has 1 aromatic carbocycles. The molecule has 0 unspecified atom stereocenters. The molecule has 0 saturated heterocycles. The highest BCUT2D eigenvalue weighted by Gasteiger charge is 2.14. The zero-order chi connectivity index (χ0) is 13.5. The number of benzene rings is 1. The number of para-hydroxylation sites is 1. The average Bonchev–Trinajstić information content (AvgIpc) is 2.17. The Morgan fingerprint density at radius 3 is 1.71 bits per heavy atom. The summed E-state index contributed by atoms with van der Waals surface area (Å²) in [4.78, 5) is 34.9. The molecule has 0 bridgehead atoms. The first-order chi connectivity index (χ1) is 7.72. The van der Waals surface area contributed by atoms with Gasteiger partial charge in [0.1, 0.15) is 5.75 Å². The molecular formula is C8H9O8P. The van der Waals surface area contributed by atoms with Crippen LogP contribution in [0.3, 0.4) is 0 Å². The molecule has 4 N–H and O–H groups in total. The molecule has 0 fully saturated rings. The lowest BCUT2D eigenvalue weighted by Crippen LogP contribution is -2.09. The number of carbonyl (C=O) groups is 2. The largest absolute Gasteiger partial charge is 0.524 e. The maximum atomic E-state index is 10.3. The molecular weight excluding hydrogens is 255 g/mol. The van der Waals surface area contributed by atoms with Crippen LogP contribution in [0.1, 0.15) is 0 Å². The Bertz CT molecular complexity index is 410. The molecule has 94 valence electrons. The quantitative estimate of drug-likeness (QED) is 0.441. The van der Waals surface area contributed by atoms with Gasteiger partial charge in [0.2, 0.25) is 0 Å². The third-order valence-electron chi connectivity index (χ3n) is 1.15. The number of aliphatic carboxylic acids is 2. The smallest absolute Gasteiger partial charge is 0.473 e. The molecule has 1 rings (SSSR count). The summed E-state index contributed by atoms with van der Waals surface area (Å²) in [5.74, 6) is -3.48. The SMILES string of the molecule is O=C(O)C(=O)O.O=P(O)(O)Oc1ccccc1. The van der Waals surface area contributed by atoms with Gasteiger partial charge in [-0.25, -0.2) is 14.2 Å². The van der Waals surface area contributed by atoms with Crippen molar-refractivity contribution in [3.8, 4) is 5.75 Å². The van der Waals surface area contributed by atoms with Crippen molar-refractivity contribution >= 4 is 19.8 Å². The summed E-state index contributed by atoms with van der Waals surface area (Å²) in [5.41, 5.74) is 0. The predicted molar refractivity (Wildman–Crippen MR) is 54.4 cm³/mol. The first-order valence-electron chi connectivity index (χ1n) is 3.99.